The molecule has 1 N–H and O–H groups in total. The van der Waals surface area contributed by atoms with E-state index in [1.165, 1.54) is 7.11 Å². The zero-order valence-corrected chi connectivity index (χ0v) is 16.4. The number of anilines is 2. The average Bonchev–Trinajstić information content (AvgIpc) is 2.72. The third-order valence-corrected chi connectivity index (χ3v) is 4.86. The highest BCUT2D eigenvalue weighted by Crippen LogP contribution is 2.30. The van der Waals surface area contributed by atoms with Gasteiger partial charge in [0.15, 0.2) is 0 Å². The zero-order chi connectivity index (χ0) is 19.9. The first kappa shape index (κ1) is 19.9. The van der Waals surface area contributed by atoms with Crippen LogP contribution in [0.15, 0.2) is 42.5 Å². The monoisotopic (exact) mass is 382 g/mol. The minimum atomic E-state index is -0.0635. The van der Waals surface area contributed by atoms with Crippen LogP contribution in [0.5, 0.6) is 5.75 Å². The Balaban J connectivity index is 1.63. The van der Waals surface area contributed by atoms with Crippen molar-refractivity contribution in [3.63, 3.8) is 0 Å². The number of fused-ring (bicyclic) bond motifs is 1. The van der Waals surface area contributed by atoms with Crippen molar-refractivity contribution in [3.8, 4) is 5.75 Å². The second-order valence-electron chi connectivity index (χ2n) is 6.82. The van der Waals surface area contributed by atoms with E-state index in [2.05, 4.69) is 5.32 Å². The topological polar surface area (TPSA) is 67.9 Å². The van der Waals surface area contributed by atoms with Gasteiger partial charge in [-0.25, -0.2) is 0 Å². The Labute approximate surface area is 165 Å². The van der Waals surface area contributed by atoms with E-state index in [0.29, 0.717) is 25.1 Å². The number of carbonyl (C=O) groups excluding carboxylic acids is 2. The number of hydrogen-bond acceptors (Lipinski definition) is 4. The second-order valence-corrected chi connectivity index (χ2v) is 6.82. The standard InChI is InChI=1S/C22H26N2O4/c1-27-15-22(26)24-13-3-4-17-8-9-18(14-20(17)24)23-21(25)12-7-16-5-10-19(28-2)11-6-16/h5-6,8-11,14H,3-4,7,12-13,15H2,1-2H3,(H,23,25). The highest BCUT2D eigenvalue weighted by atomic mass is 16.5. The number of aryl methyl sites for hydroxylation is 2. The van der Waals surface area contributed by atoms with E-state index in [4.69, 9.17) is 9.47 Å². The fraction of sp³-hybridized carbons (Fsp3) is 0.364. The molecule has 0 unspecified atom stereocenters. The average molecular weight is 382 g/mol. The van der Waals surface area contributed by atoms with Crippen molar-refractivity contribution in [2.75, 3.05) is 37.6 Å². The fourth-order valence-corrected chi connectivity index (χ4v) is 3.39. The first-order valence-electron chi connectivity index (χ1n) is 9.45. The number of nitrogens with one attached hydrogen (secondary N) is 1. The van der Waals surface area contributed by atoms with Crippen LogP contribution >= 0.6 is 0 Å². The van der Waals surface area contributed by atoms with Crippen LogP contribution in [0, 0.1) is 0 Å². The van der Waals surface area contributed by atoms with Crippen molar-refractivity contribution < 1.29 is 19.1 Å². The van der Waals surface area contributed by atoms with Crippen molar-refractivity contribution in [1.29, 1.82) is 0 Å². The molecule has 2 aromatic rings. The molecule has 6 heteroatoms. The summed E-state index contributed by atoms with van der Waals surface area (Å²) in [7, 11) is 3.15. The molecule has 0 fully saturated rings. The number of rotatable bonds is 7. The lowest BCUT2D eigenvalue weighted by molar-refractivity contribution is -0.122. The Bertz CT molecular complexity index is 833. The van der Waals surface area contributed by atoms with Crippen molar-refractivity contribution in [2.45, 2.75) is 25.7 Å². The summed E-state index contributed by atoms with van der Waals surface area (Å²) in [5.41, 5.74) is 3.77. The number of nitrogens with zero attached hydrogens (tertiary/aromatic N) is 1. The molecular weight excluding hydrogens is 356 g/mol. The molecule has 2 amide bonds. The molecule has 0 bridgehead atoms. The van der Waals surface area contributed by atoms with Gasteiger partial charge in [-0.1, -0.05) is 18.2 Å². The maximum atomic E-state index is 12.4. The van der Waals surface area contributed by atoms with Gasteiger partial charge in [0, 0.05) is 31.5 Å². The predicted molar refractivity (Wildman–Crippen MR) is 109 cm³/mol. The lowest BCUT2D eigenvalue weighted by Gasteiger charge is -2.29. The van der Waals surface area contributed by atoms with Crippen LogP contribution in [0.1, 0.15) is 24.0 Å². The van der Waals surface area contributed by atoms with Crippen LogP contribution in [-0.4, -0.2) is 39.2 Å². The van der Waals surface area contributed by atoms with Crippen molar-refractivity contribution in [3.05, 3.63) is 53.6 Å². The maximum Gasteiger partial charge on any atom is 0.252 e. The number of methoxy groups -OCH3 is 2. The Morgan fingerprint density at radius 2 is 1.89 bits per heavy atom. The molecular formula is C22H26N2O4. The van der Waals surface area contributed by atoms with Gasteiger partial charge in [0.1, 0.15) is 12.4 Å². The molecule has 0 aromatic heterocycles. The lowest BCUT2D eigenvalue weighted by Crippen LogP contribution is -2.37. The molecule has 0 radical (unpaired) electrons. The van der Waals surface area contributed by atoms with Gasteiger partial charge in [0.05, 0.1) is 7.11 Å². The SMILES string of the molecule is COCC(=O)N1CCCc2ccc(NC(=O)CCc3ccc(OC)cc3)cc21. The third kappa shape index (κ3) is 4.89. The predicted octanol–water partition coefficient (Wildman–Crippen LogP) is 3.19. The van der Waals surface area contributed by atoms with Crippen LogP contribution in [-0.2, 0) is 27.2 Å². The molecule has 0 saturated carbocycles. The fourth-order valence-electron chi connectivity index (χ4n) is 3.39. The Kier molecular flexibility index (Phi) is 6.66. The molecule has 6 nitrogen and oxygen atoms in total. The summed E-state index contributed by atoms with van der Waals surface area (Å²) in [4.78, 5) is 26.4. The smallest absolute Gasteiger partial charge is 0.252 e. The summed E-state index contributed by atoms with van der Waals surface area (Å²) >= 11 is 0. The van der Waals surface area contributed by atoms with Gasteiger partial charge < -0.3 is 19.7 Å². The van der Waals surface area contributed by atoms with Crippen LogP contribution < -0.4 is 15.0 Å². The number of benzene rings is 2. The number of amides is 2. The second kappa shape index (κ2) is 9.37. The molecule has 0 aliphatic carbocycles. The van der Waals surface area contributed by atoms with Gasteiger partial charge in [-0.2, -0.15) is 0 Å². The number of ether oxygens (including phenoxy) is 2. The summed E-state index contributed by atoms with van der Waals surface area (Å²) < 4.78 is 10.1. The summed E-state index contributed by atoms with van der Waals surface area (Å²) in [6.07, 6.45) is 2.89. The van der Waals surface area contributed by atoms with Gasteiger partial charge in [0.25, 0.3) is 5.91 Å². The van der Waals surface area contributed by atoms with Crippen LogP contribution in [0.2, 0.25) is 0 Å². The Hall–Kier alpha value is -2.86. The molecule has 2 aromatic carbocycles. The van der Waals surface area contributed by atoms with Crippen LogP contribution in [0.25, 0.3) is 0 Å². The molecule has 148 valence electrons. The van der Waals surface area contributed by atoms with E-state index in [1.54, 1.807) is 12.0 Å². The highest BCUT2D eigenvalue weighted by molar-refractivity contribution is 5.97. The van der Waals surface area contributed by atoms with Crippen LogP contribution in [0.4, 0.5) is 11.4 Å². The molecule has 3 rings (SSSR count). The highest BCUT2D eigenvalue weighted by Gasteiger charge is 2.22. The van der Waals surface area contributed by atoms with E-state index in [-0.39, 0.29) is 18.4 Å². The molecule has 1 aliphatic heterocycles. The quantitative estimate of drug-likeness (QED) is 0.799. The lowest BCUT2D eigenvalue weighted by atomic mass is 10.0. The minimum Gasteiger partial charge on any atom is -0.497 e. The van der Waals surface area contributed by atoms with E-state index >= 15 is 0 Å². The summed E-state index contributed by atoms with van der Waals surface area (Å²) in [6.45, 7) is 0.724. The Morgan fingerprint density at radius 1 is 1.11 bits per heavy atom. The first-order valence-corrected chi connectivity index (χ1v) is 9.45. The normalized spacial score (nSPS) is 13.0. The summed E-state index contributed by atoms with van der Waals surface area (Å²) in [5, 5.41) is 2.94. The van der Waals surface area contributed by atoms with E-state index < -0.39 is 0 Å². The number of carbonyl (C=O) groups is 2. The van der Waals surface area contributed by atoms with Gasteiger partial charge in [-0.3, -0.25) is 9.59 Å². The first-order chi connectivity index (χ1) is 13.6. The van der Waals surface area contributed by atoms with E-state index in [1.807, 2.05) is 42.5 Å². The van der Waals surface area contributed by atoms with Crippen molar-refractivity contribution in [1.82, 2.24) is 0 Å². The van der Waals surface area contributed by atoms with E-state index in [0.717, 1.165) is 35.4 Å². The molecule has 28 heavy (non-hydrogen) atoms. The molecule has 0 atom stereocenters. The van der Waals surface area contributed by atoms with Gasteiger partial charge in [0.2, 0.25) is 5.91 Å². The third-order valence-electron chi connectivity index (χ3n) is 4.86. The van der Waals surface area contributed by atoms with E-state index in [9.17, 15) is 9.59 Å². The zero-order valence-electron chi connectivity index (χ0n) is 16.4. The minimum absolute atomic E-state index is 0.0535. The largest absolute Gasteiger partial charge is 0.497 e. The van der Waals surface area contributed by atoms with Gasteiger partial charge in [-0.15, -0.1) is 0 Å². The van der Waals surface area contributed by atoms with Crippen LogP contribution in [0.3, 0.4) is 0 Å². The van der Waals surface area contributed by atoms with Gasteiger partial charge >= 0.3 is 0 Å². The summed E-state index contributed by atoms with van der Waals surface area (Å²) in [6, 6.07) is 13.5. The molecule has 0 saturated heterocycles. The van der Waals surface area contributed by atoms with Crippen molar-refractivity contribution >= 4 is 23.2 Å². The molecule has 1 aliphatic rings. The van der Waals surface area contributed by atoms with Gasteiger partial charge in [-0.05, 0) is 54.7 Å². The van der Waals surface area contributed by atoms with Crippen molar-refractivity contribution in [2.24, 2.45) is 0 Å². The molecule has 1 heterocycles. The number of hydrogen-bond donors (Lipinski definition) is 1. The maximum absolute atomic E-state index is 12.4. The summed E-state index contributed by atoms with van der Waals surface area (Å²) in [5.74, 6) is 0.683. The molecule has 0 spiro atoms. The Morgan fingerprint density at radius 3 is 2.61 bits per heavy atom.